The molecule has 0 radical (unpaired) electrons. The molecule has 29 heavy (non-hydrogen) atoms. The lowest BCUT2D eigenvalue weighted by molar-refractivity contribution is 0.545. The number of imidazole rings is 1. The summed E-state index contributed by atoms with van der Waals surface area (Å²) in [6, 6.07) is 20.0. The minimum absolute atomic E-state index is 0.662. The third-order valence-corrected chi connectivity index (χ3v) is 5.88. The van der Waals surface area contributed by atoms with Crippen LogP contribution in [0.4, 0.5) is 0 Å². The molecule has 4 heterocycles. The van der Waals surface area contributed by atoms with Gasteiger partial charge in [-0.1, -0.05) is 48.2 Å². The molecule has 5 rings (SSSR count). The lowest BCUT2D eigenvalue weighted by Crippen LogP contribution is -2.04. The molecule has 8 heteroatoms. The molecular weight excluding hydrogens is 450 g/mol. The molecular formula is C21H16BrN5OS. The van der Waals surface area contributed by atoms with Crippen molar-refractivity contribution in [2.45, 2.75) is 17.5 Å². The van der Waals surface area contributed by atoms with Crippen molar-refractivity contribution in [3.63, 3.8) is 0 Å². The Labute approximate surface area is 179 Å². The number of hydrogen-bond donors (Lipinski definition) is 0. The van der Waals surface area contributed by atoms with Crippen molar-refractivity contribution in [2.75, 3.05) is 0 Å². The van der Waals surface area contributed by atoms with Crippen molar-refractivity contribution in [1.82, 2.24) is 24.1 Å². The lowest BCUT2D eigenvalue weighted by Gasteiger charge is -2.09. The summed E-state index contributed by atoms with van der Waals surface area (Å²) in [5.74, 6) is 2.09. The zero-order valence-electron chi connectivity index (χ0n) is 15.3. The highest BCUT2D eigenvalue weighted by Gasteiger charge is 2.18. The third-order valence-electron chi connectivity index (χ3n) is 4.46. The minimum Gasteiger partial charge on any atom is -0.446 e. The predicted molar refractivity (Wildman–Crippen MR) is 116 cm³/mol. The standard InChI is InChI=1S/C21H16BrN5OS/c22-18-10-9-17(28-18)20-24-25-21(27(20)12-15-6-2-1-3-7-15)29-14-16-13-26-11-5-4-8-19(26)23-16/h1-11,13H,12,14H2. The molecule has 0 amide bonds. The maximum atomic E-state index is 5.73. The molecule has 0 spiro atoms. The van der Waals surface area contributed by atoms with Gasteiger partial charge < -0.3 is 8.82 Å². The number of furan rings is 1. The Morgan fingerprint density at radius 3 is 2.62 bits per heavy atom. The lowest BCUT2D eigenvalue weighted by atomic mass is 10.2. The van der Waals surface area contributed by atoms with Crippen LogP contribution >= 0.6 is 27.7 Å². The van der Waals surface area contributed by atoms with E-state index in [1.165, 1.54) is 5.56 Å². The SMILES string of the molecule is Brc1ccc(-c2nnc(SCc3cn4ccccc4n3)n2Cc2ccccc2)o1. The van der Waals surface area contributed by atoms with Gasteiger partial charge in [-0.2, -0.15) is 0 Å². The molecule has 0 aliphatic carbocycles. The molecule has 0 N–H and O–H groups in total. The molecule has 1 aromatic carbocycles. The molecule has 0 fully saturated rings. The fourth-order valence-electron chi connectivity index (χ4n) is 3.12. The number of rotatable bonds is 6. The number of pyridine rings is 1. The first kappa shape index (κ1) is 18.2. The van der Waals surface area contributed by atoms with Crippen molar-refractivity contribution in [2.24, 2.45) is 0 Å². The molecule has 144 valence electrons. The molecule has 0 bridgehead atoms. The van der Waals surface area contributed by atoms with E-state index in [0.29, 0.717) is 28.6 Å². The van der Waals surface area contributed by atoms with E-state index >= 15 is 0 Å². The van der Waals surface area contributed by atoms with E-state index in [-0.39, 0.29) is 0 Å². The van der Waals surface area contributed by atoms with Gasteiger partial charge in [0.2, 0.25) is 5.82 Å². The Kier molecular flexibility index (Phi) is 4.95. The van der Waals surface area contributed by atoms with E-state index in [2.05, 4.69) is 47.8 Å². The smallest absolute Gasteiger partial charge is 0.200 e. The van der Waals surface area contributed by atoms with Crippen LogP contribution in [0.15, 0.2) is 87.3 Å². The molecule has 0 saturated heterocycles. The van der Waals surface area contributed by atoms with E-state index < -0.39 is 0 Å². The van der Waals surface area contributed by atoms with Gasteiger partial charge >= 0.3 is 0 Å². The molecule has 0 atom stereocenters. The Morgan fingerprint density at radius 2 is 1.83 bits per heavy atom. The van der Waals surface area contributed by atoms with Gasteiger partial charge in [0.1, 0.15) is 5.65 Å². The molecule has 0 unspecified atom stereocenters. The second kappa shape index (κ2) is 7.88. The van der Waals surface area contributed by atoms with Crippen LogP contribution in [0, 0.1) is 0 Å². The topological polar surface area (TPSA) is 61.1 Å². The largest absolute Gasteiger partial charge is 0.446 e. The first-order valence-electron chi connectivity index (χ1n) is 9.04. The Hall–Kier alpha value is -2.84. The number of fused-ring (bicyclic) bond motifs is 1. The molecule has 4 aromatic heterocycles. The van der Waals surface area contributed by atoms with Crippen LogP contribution in [0.25, 0.3) is 17.2 Å². The van der Waals surface area contributed by atoms with Gasteiger partial charge in [-0.15, -0.1) is 10.2 Å². The van der Waals surface area contributed by atoms with E-state index in [9.17, 15) is 0 Å². The number of halogens is 1. The van der Waals surface area contributed by atoms with E-state index in [4.69, 9.17) is 4.42 Å². The average molecular weight is 466 g/mol. The fraction of sp³-hybridized carbons (Fsp3) is 0.0952. The van der Waals surface area contributed by atoms with Crippen molar-refractivity contribution >= 4 is 33.3 Å². The van der Waals surface area contributed by atoms with E-state index in [0.717, 1.165) is 16.5 Å². The van der Waals surface area contributed by atoms with Crippen LogP contribution in [0.2, 0.25) is 0 Å². The summed E-state index contributed by atoms with van der Waals surface area (Å²) in [6.45, 7) is 0.662. The second-order valence-corrected chi connectivity index (χ2v) is 8.19. The molecule has 5 aromatic rings. The van der Waals surface area contributed by atoms with E-state index in [1.807, 2.05) is 65.3 Å². The van der Waals surface area contributed by atoms with Crippen molar-refractivity contribution in [3.05, 3.63) is 89.0 Å². The molecule has 0 aliphatic rings. The summed E-state index contributed by atoms with van der Waals surface area (Å²) in [4.78, 5) is 4.67. The van der Waals surface area contributed by atoms with Crippen molar-refractivity contribution in [3.8, 4) is 11.6 Å². The van der Waals surface area contributed by atoms with Gasteiger partial charge in [0.05, 0.1) is 12.2 Å². The summed E-state index contributed by atoms with van der Waals surface area (Å²) in [6.07, 6.45) is 4.05. The number of benzene rings is 1. The quantitative estimate of drug-likeness (QED) is 0.319. The average Bonchev–Trinajstić information content (AvgIpc) is 3.45. The fourth-order valence-corrected chi connectivity index (χ4v) is 4.24. The summed E-state index contributed by atoms with van der Waals surface area (Å²) in [5.41, 5.74) is 3.11. The maximum Gasteiger partial charge on any atom is 0.200 e. The first-order chi connectivity index (χ1) is 14.3. The van der Waals surface area contributed by atoms with Crippen molar-refractivity contribution < 1.29 is 4.42 Å². The Balaban J connectivity index is 1.45. The number of thioether (sulfide) groups is 1. The minimum atomic E-state index is 0.662. The number of aromatic nitrogens is 5. The third kappa shape index (κ3) is 3.86. The molecule has 6 nitrogen and oxygen atoms in total. The van der Waals surface area contributed by atoms with Crippen LogP contribution in [0.3, 0.4) is 0 Å². The van der Waals surface area contributed by atoms with Crippen LogP contribution in [0.5, 0.6) is 0 Å². The highest BCUT2D eigenvalue weighted by Crippen LogP contribution is 2.29. The summed E-state index contributed by atoms with van der Waals surface area (Å²) in [5, 5.41) is 9.66. The van der Waals surface area contributed by atoms with Gasteiger partial charge in [-0.3, -0.25) is 4.57 Å². The van der Waals surface area contributed by atoms with Crippen LogP contribution in [-0.4, -0.2) is 24.1 Å². The van der Waals surface area contributed by atoms with Crippen LogP contribution in [-0.2, 0) is 12.3 Å². The highest BCUT2D eigenvalue weighted by atomic mass is 79.9. The molecule has 0 saturated carbocycles. The van der Waals surface area contributed by atoms with Gasteiger partial charge in [0.25, 0.3) is 0 Å². The second-order valence-electron chi connectivity index (χ2n) is 6.47. The van der Waals surface area contributed by atoms with Gasteiger partial charge in [0, 0.05) is 18.1 Å². The monoisotopic (exact) mass is 465 g/mol. The Morgan fingerprint density at radius 1 is 0.966 bits per heavy atom. The van der Waals surface area contributed by atoms with Crippen LogP contribution < -0.4 is 0 Å². The summed E-state index contributed by atoms with van der Waals surface area (Å²) < 4.78 is 10.5. The summed E-state index contributed by atoms with van der Waals surface area (Å²) in [7, 11) is 0. The Bertz CT molecular complexity index is 1230. The predicted octanol–water partition coefficient (Wildman–Crippen LogP) is 5.29. The first-order valence-corrected chi connectivity index (χ1v) is 10.8. The molecule has 0 aliphatic heterocycles. The zero-order valence-corrected chi connectivity index (χ0v) is 17.7. The number of hydrogen-bond acceptors (Lipinski definition) is 5. The summed E-state index contributed by atoms with van der Waals surface area (Å²) >= 11 is 4.98. The normalized spacial score (nSPS) is 11.3. The van der Waals surface area contributed by atoms with Gasteiger partial charge in [-0.05, 0) is 45.8 Å². The van der Waals surface area contributed by atoms with Gasteiger partial charge in [-0.25, -0.2) is 4.98 Å². The highest BCUT2D eigenvalue weighted by molar-refractivity contribution is 9.10. The van der Waals surface area contributed by atoms with Gasteiger partial charge in [0.15, 0.2) is 15.6 Å². The maximum absolute atomic E-state index is 5.73. The van der Waals surface area contributed by atoms with E-state index in [1.54, 1.807) is 11.8 Å². The zero-order chi connectivity index (χ0) is 19.6. The number of nitrogens with zero attached hydrogens (tertiary/aromatic N) is 5. The van der Waals surface area contributed by atoms with Crippen molar-refractivity contribution in [1.29, 1.82) is 0 Å². The van der Waals surface area contributed by atoms with Crippen LogP contribution in [0.1, 0.15) is 11.3 Å².